The van der Waals surface area contributed by atoms with E-state index >= 15 is 0 Å². The van der Waals surface area contributed by atoms with Crippen LogP contribution in [0.1, 0.15) is 15.9 Å². The van der Waals surface area contributed by atoms with Gasteiger partial charge in [0.15, 0.2) is 0 Å². The van der Waals surface area contributed by atoms with E-state index in [0.29, 0.717) is 51.3 Å². The number of carbonyl (C=O) groups excluding carboxylic acids is 3. The van der Waals surface area contributed by atoms with Crippen molar-refractivity contribution in [2.24, 2.45) is 0 Å². The molecule has 0 aliphatic carbocycles. The highest BCUT2D eigenvalue weighted by atomic mass is 16.5. The van der Waals surface area contributed by atoms with Crippen LogP contribution in [0, 0.1) is 6.92 Å². The molecule has 0 bridgehead atoms. The Morgan fingerprint density at radius 2 is 0.860 bits per heavy atom. The highest BCUT2D eigenvalue weighted by molar-refractivity contribution is 6.08. The number of aryl methyl sites for hydroxylation is 1. The smallest absolute Gasteiger partial charge is 0.323 e. The van der Waals surface area contributed by atoms with Crippen molar-refractivity contribution in [1.29, 1.82) is 0 Å². The van der Waals surface area contributed by atoms with Crippen LogP contribution in [0.5, 0.6) is 23.0 Å². The lowest BCUT2D eigenvalue weighted by Gasteiger charge is -2.16. The minimum absolute atomic E-state index is 0.245. The first-order chi connectivity index (χ1) is 24.4. The van der Waals surface area contributed by atoms with Crippen LogP contribution in [-0.4, -0.2) is 18.0 Å². The molecule has 0 saturated carbocycles. The molecule has 0 heterocycles. The lowest BCUT2D eigenvalue weighted by Crippen LogP contribution is -2.23. The van der Waals surface area contributed by atoms with E-state index in [4.69, 9.17) is 9.47 Å². The standard InChI is InChI=1S/C40H33N5O5/c1-27-12-14-28(15-13-27)38(46)41-31-20-25-36(44-39(47)42-29-16-21-34(22-17-29)49-32-8-4-2-5-9-32)37(26-31)45-40(48)43-30-18-23-35(24-19-30)50-33-10-6-3-7-11-33/h2-26H,1H3,(H,41,46)(H2,42,44,47)(H2,43,45,48). The summed E-state index contributed by atoms with van der Waals surface area (Å²) in [5.41, 5.74) is 3.49. The minimum Gasteiger partial charge on any atom is -0.457 e. The van der Waals surface area contributed by atoms with E-state index in [-0.39, 0.29) is 11.6 Å². The predicted molar refractivity (Wildman–Crippen MR) is 197 cm³/mol. The molecule has 0 fully saturated rings. The fraction of sp³-hybridized carbons (Fsp3) is 0.0250. The molecule has 50 heavy (non-hydrogen) atoms. The number of benzene rings is 6. The minimum atomic E-state index is -0.568. The van der Waals surface area contributed by atoms with Gasteiger partial charge in [0, 0.05) is 22.6 Å². The molecule has 6 aromatic rings. The second-order valence-corrected chi connectivity index (χ2v) is 11.1. The molecular formula is C40H33N5O5. The number of rotatable bonds is 10. The van der Waals surface area contributed by atoms with E-state index in [1.807, 2.05) is 79.7 Å². The molecule has 248 valence electrons. The van der Waals surface area contributed by atoms with Crippen LogP contribution in [0.25, 0.3) is 0 Å². The Balaban J connectivity index is 1.14. The van der Waals surface area contributed by atoms with E-state index in [0.717, 1.165) is 5.56 Å². The van der Waals surface area contributed by atoms with Crippen LogP contribution in [-0.2, 0) is 0 Å². The summed E-state index contributed by atoms with van der Waals surface area (Å²) in [5.74, 6) is 2.29. The molecule has 5 N–H and O–H groups in total. The second kappa shape index (κ2) is 15.7. The molecule has 0 unspecified atom stereocenters. The number of anilines is 5. The number of ether oxygens (including phenoxy) is 2. The van der Waals surface area contributed by atoms with Crippen LogP contribution < -0.4 is 36.1 Å². The number of hydrogen-bond donors (Lipinski definition) is 5. The lowest BCUT2D eigenvalue weighted by molar-refractivity contribution is 0.102. The number of nitrogens with one attached hydrogen (secondary N) is 5. The molecule has 0 spiro atoms. The number of carbonyl (C=O) groups is 3. The van der Waals surface area contributed by atoms with Gasteiger partial charge < -0.3 is 36.1 Å². The highest BCUT2D eigenvalue weighted by Crippen LogP contribution is 2.28. The van der Waals surface area contributed by atoms with Crippen molar-refractivity contribution in [2.75, 3.05) is 26.6 Å². The van der Waals surface area contributed by atoms with Gasteiger partial charge in [-0.3, -0.25) is 4.79 Å². The average Bonchev–Trinajstić information content (AvgIpc) is 3.12. The Hall–Kier alpha value is -7.07. The van der Waals surface area contributed by atoms with E-state index in [2.05, 4.69) is 26.6 Å². The quantitative estimate of drug-likeness (QED) is 0.0996. The Labute approximate surface area is 289 Å². The molecule has 10 heteroatoms. The van der Waals surface area contributed by atoms with Crippen LogP contribution in [0.3, 0.4) is 0 Å². The van der Waals surface area contributed by atoms with Crippen molar-refractivity contribution in [2.45, 2.75) is 6.92 Å². The third kappa shape index (κ3) is 9.26. The molecule has 0 atom stereocenters. The number of urea groups is 2. The molecule has 0 aliphatic heterocycles. The normalized spacial score (nSPS) is 10.3. The van der Waals surface area contributed by atoms with Gasteiger partial charge in [-0.15, -0.1) is 0 Å². The Morgan fingerprint density at radius 3 is 1.36 bits per heavy atom. The fourth-order valence-electron chi connectivity index (χ4n) is 4.77. The van der Waals surface area contributed by atoms with Gasteiger partial charge in [-0.2, -0.15) is 0 Å². The predicted octanol–water partition coefficient (Wildman–Crippen LogP) is 10.1. The second-order valence-electron chi connectivity index (χ2n) is 11.1. The number of amides is 5. The molecule has 5 amide bonds. The van der Waals surface area contributed by atoms with Crippen LogP contribution in [0.15, 0.2) is 152 Å². The molecule has 6 rings (SSSR count). The summed E-state index contributed by atoms with van der Waals surface area (Å²) >= 11 is 0. The first-order valence-corrected chi connectivity index (χ1v) is 15.7. The summed E-state index contributed by atoms with van der Waals surface area (Å²) in [5, 5.41) is 14.0. The Kier molecular flexibility index (Phi) is 10.3. The van der Waals surface area contributed by atoms with E-state index < -0.39 is 12.1 Å². The average molecular weight is 664 g/mol. The molecule has 0 aliphatic rings. The van der Waals surface area contributed by atoms with Crippen molar-refractivity contribution in [1.82, 2.24) is 0 Å². The topological polar surface area (TPSA) is 130 Å². The van der Waals surface area contributed by atoms with Gasteiger partial charge in [0.2, 0.25) is 0 Å². The summed E-state index contributed by atoms with van der Waals surface area (Å²) in [6.07, 6.45) is 0. The maximum atomic E-state index is 13.2. The summed E-state index contributed by atoms with van der Waals surface area (Å²) < 4.78 is 11.6. The zero-order valence-electron chi connectivity index (χ0n) is 27.0. The van der Waals surface area contributed by atoms with Crippen LogP contribution >= 0.6 is 0 Å². The van der Waals surface area contributed by atoms with Crippen molar-refractivity contribution < 1.29 is 23.9 Å². The SMILES string of the molecule is Cc1ccc(C(=O)Nc2ccc(NC(=O)Nc3ccc(Oc4ccccc4)cc3)c(NC(=O)Nc3ccc(Oc4ccccc4)cc3)c2)cc1. The molecular weight excluding hydrogens is 630 g/mol. The third-order valence-corrected chi connectivity index (χ3v) is 7.27. The van der Waals surface area contributed by atoms with E-state index in [1.54, 1.807) is 78.9 Å². The maximum absolute atomic E-state index is 13.2. The van der Waals surface area contributed by atoms with Crippen molar-refractivity contribution in [3.8, 4) is 23.0 Å². The lowest BCUT2D eigenvalue weighted by atomic mass is 10.1. The van der Waals surface area contributed by atoms with Gasteiger partial charge in [0.05, 0.1) is 11.4 Å². The first-order valence-electron chi connectivity index (χ1n) is 15.7. The molecule has 6 aromatic carbocycles. The van der Waals surface area contributed by atoms with Crippen molar-refractivity contribution in [3.05, 3.63) is 163 Å². The largest absolute Gasteiger partial charge is 0.457 e. The van der Waals surface area contributed by atoms with E-state index in [9.17, 15) is 14.4 Å². The van der Waals surface area contributed by atoms with Gasteiger partial charge >= 0.3 is 12.1 Å². The summed E-state index contributed by atoms with van der Waals surface area (Å²) in [6.45, 7) is 1.94. The van der Waals surface area contributed by atoms with Gasteiger partial charge in [-0.25, -0.2) is 9.59 Å². The van der Waals surface area contributed by atoms with Gasteiger partial charge in [-0.1, -0.05) is 54.1 Å². The summed E-state index contributed by atoms with van der Waals surface area (Å²) in [4.78, 5) is 39.1. The van der Waals surface area contributed by atoms with Crippen molar-refractivity contribution >= 4 is 46.4 Å². The molecule has 10 nitrogen and oxygen atoms in total. The fourth-order valence-corrected chi connectivity index (χ4v) is 4.77. The molecule has 0 aromatic heterocycles. The zero-order valence-corrected chi connectivity index (χ0v) is 27.0. The Morgan fingerprint density at radius 1 is 0.420 bits per heavy atom. The zero-order chi connectivity index (χ0) is 34.7. The monoisotopic (exact) mass is 663 g/mol. The summed E-state index contributed by atoms with van der Waals surface area (Å²) in [7, 11) is 0. The van der Waals surface area contributed by atoms with Crippen LogP contribution in [0.4, 0.5) is 38.0 Å². The van der Waals surface area contributed by atoms with Gasteiger partial charge in [0.1, 0.15) is 23.0 Å². The van der Waals surface area contributed by atoms with Gasteiger partial charge in [-0.05, 0) is 110 Å². The third-order valence-electron chi connectivity index (χ3n) is 7.27. The van der Waals surface area contributed by atoms with Gasteiger partial charge in [0.25, 0.3) is 5.91 Å². The number of hydrogen-bond acceptors (Lipinski definition) is 5. The highest BCUT2D eigenvalue weighted by Gasteiger charge is 2.14. The Bertz CT molecular complexity index is 2070. The summed E-state index contributed by atoms with van der Waals surface area (Å²) in [6, 6.07) is 43.4. The maximum Gasteiger partial charge on any atom is 0.323 e. The van der Waals surface area contributed by atoms with Crippen LogP contribution in [0.2, 0.25) is 0 Å². The molecule has 0 radical (unpaired) electrons. The van der Waals surface area contributed by atoms with E-state index in [1.165, 1.54) is 0 Å². The first kappa shape index (κ1) is 32.9. The molecule has 0 saturated heterocycles. The number of para-hydroxylation sites is 2. The van der Waals surface area contributed by atoms with Crippen molar-refractivity contribution in [3.63, 3.8) is 0 Å².